The zero-order valence-electron chi connectivity index (χ0n) is 12.4. The lowest BCUT2D eigenvalue weighted by atomic mass is 10.0. The molecule has 0 fully saturated rings. The molecule has 0 aliphatic carbocycles. The van der Waals surface area contributed by atoms with E-state index in [1.54, 1.807) is 12.1 Å². The summed E-state index contributed by atoms with van der Waals surface area (Å²) < 4.78 is -2.88. The van der Waals surface area contributed by atoms with Gasteiger partial charge in [0.15, 0.2) is 7.59 Å². The molecular formula is C15H12Cl10. The van der Waals surface area contributed by atoms with Crippen LogP contribution in [-0.2, 0) is 6.42 Å². The van der Waals surface area contributed by atoms with Gasteiger partial charge in [-0.05, 0) is 30.0 Å². The summed E-state index contributed by atoms with van der Waals surface area (Å²) in [6.45, 7) is 0. The molecule has 2 radical (unpaired) electrons. The molecule has 2 atom stereocenters. The van der Waals surface area contributed by atoms with Crippen molar-refractivity contribution in [3.05, 3.63) is 39.7 Å². The lowest BCUT2D eigenvalue weighted by Gasteiger charge is -2.19. The number of benzene rings is 1. The molecule has 0 aliphatic heterocycles. The summed E-state index contributed by atoms with van der Waals surface area (Å²) in [6.07, 6.45) is 4.11. The zero-order chi connectivity index (χ0) is 19.4. The van der Waals surface area contributed by atoms with Gasteiger partial charge in [-0.3, -0.25) is 0 Å². The minimum absolute atomic E-state index is 0.149. The Morgan fingerprint density at radius 1 is 0.840 bits per heavy atom. The third kappa shape index (κ3) is 10.5. The smallest absolute Gasteiger partial charge is 0.123 e. The molecule has 0 nitrogen and oxygen atoms in total. The number of alkyl halides is 8. The molecule has 1 aromatic carbocycles. The second-order valence-corrected chi connectivity index (χ2v) is 12.4. The van der Waals surface area contributed by atoms with E-state index < -0.39 is 18.3 Å². The molecule has 0 spiro atoms. The highest BCUT2D eigenvalue weighted by Gasteiger charge is 2.27. The SMILES string of the molecule is Clc1ccc([C]CC(Cl)CC(Cl)(Cl)Cl)c(Cl)c1CC(Cl)CC(Cl)(Cl)Cl. The van der Waals surface area contributed by atoms with Gasteiger partial charge in [0.25, 0.3) is 0 Å². The van der Waals surface area contributed by atoms with Gasteiger partial charge < -0.3 is 0 Å². The summed E-state index contributed by atoms with van der Waals surface area (Å²) in [5.41, 5.74) is 1.28. The third-order valence-corrected chi connectivity index (χ3v) is 5.36. The Morgan fingerprint density at radius 2 is 1.36 bits per heavy atom. The van der Waals surface area contributed by atoms with Crippen LogP contribution in [0.4, 0.5) is 0 Å². The molecule has 0 aliphatic rings. The summed E-state index contributed by atoms with van der Waals surface area (Å²) in [6, 6.07) is 3.42. The normalized spacial score (nSPS) is 15.3. The molecule has 0 bridgehead atoms. The van der Waals surface area contributed by atoms with Gasteiger partial charge in [-0.2, -0.15) is 0 Å². The lowest BCUT2D eigenvalue weighted by molar-refractivity contribution is 0.755. The second kappa shape index (κ2) is 10.8. The van der Waals surface area contributed by atoms with E-state index in [4.69, 9.17) is 116 Å². The van der Waals surface area contributed by atoms with Gasteiger partial charge in [0, 0.05) is 40.1 Å². The van der Waals surface area contributed by atoms with Crippen LogP contribution in [0.25, 0.3) is 0 Å². The molecule has 25 heavy (non-hydrogen) atoms. The van der Waals surface area contributed by atoms with Crippen LogP contribution >= 0.6 is 116 Å². The van der Waals surface area contributed by atoms with Gasteiger partial charge in [-0.15, -0.1) is 23.2 Å². The maximum atomic E-state index is 6.42. The van der Waals surface area contributed by atoms with Crippen LogP contribution in [-0.4, -0.2) is 18.3 Å². The van der Waals surface area contributed by atoms with Crippen molar-refractivity contribution >= 4 is 116 Å². The molecule has 0 saturated heterocycles. The van der Waals surface area contributed by atoms with Crippen molar-refractivity contribution in [1.82, 2.24) is 0 Å². The topological polar surface area (TPSA) is 0 Å². The molecule has 0 saturated carbocycles. The predicted octanol–water partition coefficient (Wildman–Crippen LogP) is 9.09. The summed E-state index contributed by atoms with van der Waals surface area (Å²) in [5, 5.41) is 0.0187. The van der Waals surface area contributed by atoms with Crippen LogP contribution in [0.3, 0.4) is 0 Å². The molecule has 10 heteroatoms. The molecule has 0 aromatic heterocycles. The van der Waals surface area contributed by atoms with Crippen LogP contribution in [0.1, 0.15) is 30.4 Å². The van der Waals surface area contributed by atoms with Gasteiger partial charge >= 0.3 is 0 Å². The van der Waals surface area contributed by atoms with Gasteiger partial charge in [0.05, 0.1) is 0 Å². The number of hydrogen-bond acceptors (Lipinski definition) is 0. The van der Waals surface area contributed by atoms with Crippen molar-refractivity contribution in [3.8, 4) is 0 Å². The Labute approximate surface area is 198 Å². The van der Waals surface area contributed by atoms with Crippen molar-refractivity contribution in [2.75, 3.05) is 0 Å². The van der Waals surface area contributed by atoms with E-state index in [1.807, 2.05) is 0 Å². The van der Waals surface area contributed by atoms with E-state index in [2.05, 4.69) is 6.42 Å². The first-order valence-electron chi connectivity index (χ1n) is 6.91. The monoisotopic (exact) mass is 542 g/mol. The molecule has 0 N–H and O–H groups in total. The van der Waals surface area contributed by atoms with Gasteiger partial charge in [0.2, 0.25) is 0 Å². The Balaban J connectivity index is 2.81. The van der Waals surface area contributed by atoms with E-state index in [0.29, 0.717) is 34.0 Å². The second-order valence-electron chi connectivity index (χ2n) is 5.31. The Kier molecular flexibility index (Phi) is 10.8. The average molecular weight is 547 g/mol. The molecule has 1 aromatic rings. The van der Waals surface area contributed by atoms with Crippen LogP contribution in [0.2, 0.25) is 10.0 Å². The van der Waals surface area contributed by atoms with Crippen molar-refractivity contribution in [1.29, 1.82) is 0 Å². The fourth-order valence-corrected chi connectivity index (χ4v) is 4.89. The predicted molar refractivity (Wildman–Crippen MR) is 116 cm³/mol. The average Bonchev–Trinajstić information content (AvgIpc) is 2.38. The Morgan fingerprint density at radius 3 is 1.88 bits per heavy atom. The van der Waals surface area contributed by atoms with Crippen molar-refractivity contribution in [3.63, 3.8) is 0 Å². The summed E-state index contributed by atoms with van der Waals surface area (Å²) in [7, 11) is 0. The summed E-state index contributed by atoms with van der Waals surface area (Å²) in [4.78, 5) is 0. The highest BCUT2D eigenvalue weighted by Crippen LogP contribution is 2.38. The minimum atomic E-state index is -1.45. The van der Waals surface area contributed by atoms with E-state index >= 15 is 0 Å². The van der Waals surface area contributed by atoms with Crippen LogP contribution < -0.4 is 0 Å². The Hall–Kier alpha value is 2.12. The van der Waals surface area contributed by atoms with Crippen LogP contribution in [0.15, 0.2) is 12.1 Å². The largest absolute Gasteiger partial charge is 0.192 e. The molecule has 0 amide bonds. The fraction of sp³-hybridized carbons (Fsp3) is 0.533. The first-order valence-corrected chi connectivity index (χ1v) is 10.8. The lowest BCUT2D eigenvalue weighted by Crippen LogP contribution is -2.15. The highest BCUT2D eigenvalue weighted by molar-refractivity contribution is 6.68. The van der Waals surface area contributed by atoms with Crippen molar-refractivity contribution in [2.24, 2.45) is 0 Å². The number of rotatable bonds is 7. The van der Waals surface area contributed by atoms with Crippen LogP contribution in [0, 0.1) is 6.42 Å². The zero-order valence-corrected chi connectivity index (χ0v) is 20.0. The van der Waals surface area contributed by atoms with Gasteiger partial charge in [-0.25, -0.2) is 0 Å². The number of halogens is 10. The highest BCUT2D eigenvalue weighted by atomic mass is 35.6. The Bertz CT molecular complexity index is 561. The molecular weight excluding hydrogens is 535 g/mol. The molecule has 1 rings (SSSR count). The maximum absolute atomic E-state index is 6.42. The van der Waals surface area contributed by atoms with Crippen molar-refractivity contribution < 1.29 is 0 Å². The third-order valence-electron chi connectivity index (χ3n) is 3.03. The van der Waals surface area contributed by atoms with Crippen LogP contribution in [0.5, 0.6) is 0 Å². The molecule has 2 unspecified atom stereocenters. The van der Waals surface area contributed by atoms with Crippen molar-refractivity contribution in [2.45, 2.75) is 44.0 Å². The summed E-state index contributed by atoms with van der Waals surface area (Å²) in [5.74, 6) is 0. The number of hydrogen-bond donors (Lipinski definition) is 0. The quantitative estimate of drug-likeness (QED) is 0.299. The van der Waals surface area contributed by atoms with E-state index in [1.165, 1.54) is 0 Å². The standard InChI is InChI=1S/C15H12Cl10/c16-9(6-14(20,21)22)3-1-8-2-4-12(18)11(13(8)19)5-10(17)7-15(23,24)25/h2,4,9-10H,3,5-7H2. The first kappa shape index (κ1) is 25.2. The fourth-order valence-electron chi connectivity index (χ4n) is 2.01. The van der Waals surface area contributed by atoms with Gasteiger partial charge in [-0.1, -0.05) is 98.9 Å². The molecule has 0 heterocycles. The van der Waals surface area contributed by atoms with E-state index in [-0.39, 0.29) is 12.8 Å². The summed E-state index contributed by atoms with van der Waals surface area (Å²) >= 11 is 59.5. The minimum Gasteiger partial charge on any atom is -0.123 e. The molecule has 142 valence electrons. The van der Waals surface area contributed by atoms with E-state index in [9.17, 15) is 0 Å². The van der Waals surface area contributed by atoms with E-state index in [0.717, 1.165) is 0 Å². The van der Waals surface area contributed by atoms with Gasteiger partial charge in [0.1, 0.15) is 0 Å². The maximum Gasteiger partial charge on any atom is 0.192 e. The first-order chi connectivity index (χ1) is 11.3.